The average molecular weight is 360 g/mol. The second-order valence-corrected chi connectivity index (χ2v) is 6.49. The highest BCUT2D eigenvalue weighted by atomic mass is 16.5. The number of benzene rings is 2. The van der Waals surface area contributed by atoms with E-state index in [2.05, 4.69) is 34.6 Å². The van der Waals surface area contributed by atoms with Crippen LogP contribution in [0.15, 0.2) is 66.9 Å². The summed E-state index contributed by atoms with van der Waals surface area (Å²) in [4.78, 5) is 16.2. The van der Waals surface area contributed by atoms with Crippen LogP contribution in [-0.4, -0.2) is 22.8 Å². The minimum Gasteiger partial charge on any atom is -0.449 e. The SMILES string of the molecule is O=C(NCc1ccnc(CO)c1)OCC1c2ccccc2-c2ccccc21. The number of aromatic nitrogens is 1. The Labute approximate surface area is 157 Å². The number of amides is 1. The Hall–Kier alpha value is -3.18. The van der Waals surface area contributed by atoms with E-state index in [9.17, 15) is 4.79 Å². The predicted molar refractivity (Wildman–Crippen MR) is 102 cm³/mol. The van der Waals surface area contributed by atoms with Gasteiger partial charge in [0.15, 0.2) is 0 Å². The Morgan fingerprint density at radius 2 is 1.70 bits per heavy atom. The summed E-state index contributed by atoms with van der Waals surface area (Å²) in [5, 5.41) is 11.9. The van der Waals surface area contributed by atoms with Gasteiger partial charge in [-0.3, -0.25) is 4.98 Å². The van der Waals surface area contributed by atoms with Gasteiger partial charge in [0.1, 0.15) is 6.61 Å². The molecule has 3 aromatic rings. The van der Waals surface area contributed by atoms with Gasteiger partial charge < -0.3 is 15.2 Å². The Morgan fingerprint density at radius 1 is 1.04 bits per heavy atom. The quantitative estimate of drug-likeness (QED) is 0.729. The lowest BCUT2D eigenvalue weighted by Gasteiger charge is -2.14. The van der Waals surface area contributed by atoms with Crippen LogP contribution in [0.3, 0.4) is 0 Å². The molecule has 0 fully saturated rings. The zero-order valence-corrected chi connectivity index (χ0v) is 14.8. The smallest absolute Gasteiger partial charge is 0.407 e. The molecule has 0 bridgehead atoms. The van der Waals surface area contributed by atoms with Gasteiger partial charge in [0.05, 0.1) is 12.3 Å². The fraction of sp³-hybridized carbons (Fsp3) is 0.182. The number of alkyl carbamates (subject to hydrolysis) is 1. The molecule has 1 aliphatic carbocycles. The largest absolute Gasteiger partial charge is 0.449 e. The third kappa shape index (κ3) is 3.55. The van der Waals surface area contributed by atoms with Gasteiger partial charge in [-0.15, -0.1) is 0 Å². The molecule has 0 saturated heterocycles. The van der Waals surface area contributed by atoms with E-state index in [-0.39, 0.29) is 19.1 Å². The topological polar surface area (TPSA) is 71.5 Å². The molecule has 27 heavy (non-hydrogen) atoms. The standard InChI is InChI=1S/C22H20N2O3/c25-13-16-11-15(9-10-23-16)12-24-22(26)27-14-21-19-7-3-1-5-17(19)18-6-2-4-8-20(18)21/h1-11,21,25H,12-14H2,(H,24,26). The summed E-state index contributed by atoms with van der Waals surface area (Å²) < 4.78 is 5.50. The fourth-order valence-electron chi connectivity index (χ4n) is 3.55. The van der Waals surface area contributed by atoms with E-state index in [4.69, 9.17) is 9.84 Å². The first-order chi connectivity index (χ1) is 13.3. The molecular weight excluding hydrogens is 340 g/mol. The molecule has 4 rings (SSSR count). The summed E-state index contributed by atoms with van der Waals surface area (Å²) in [5.74, 6) is 0.0464. The van der Waals surface area contributed by atoms with E-state index in [0.29, 0.717) is 12.2 Å². The lowest BCUT2D eigenvalue weighted by molar-refractivity contribution is 0.142. The Kier molecular flexibility index (Phi) is 4.85. The molecule has 5 nitrogen and oxygen atoms in total. The van der Waals surface area contributed by atoms with E-state index in [1.54, 1.807) is 18.3 Å². The summed E-state index contributed by atoms with van der Waals surface area (Å²) in [6.07, 6.45) is 1.15. The zero-order valence-electron chi connectivity index (χ0n) is 14.8. The maximum atomic E-state index is 12.2. The van der Waals surface area contributed by atoms with E-state index in [0.717, 1.165) is 5.56 Å². The minimum absolute atomic E-state index is 0.0464. The number of hydrogen-bond donors (Lipinski definition) is 2. The van der Waals surface area contributed by atoms with Gasteiger partial charge in [-0.1, -0.05) is 48.5 Å². The van der Waals surface area contributed by atoms with Crippen molar-refractivity contribution in [3.05, 3.63) is 89.2 Å². The number of aliphatic hydroxyl groups is 1. The molecule has 0 aliphatic heterocycles. The number of pyridine rings is 1. The number of fused-ring (bicyclic) bond motifs is 3. The molecule has 5 heteroatoms. The first-order valence-corrected chi connectivity index (χ1v) is 8.90. The Bertz CT molecular complexity index is 926. The van der Waals surface area contributed by atoms with Crippen molar-refractivity contribution in [2.45, 2.75) is 19.1 Å². The van der Waals surface area contributed by atoms with Gasteiger partial charge >= 0.3 is 6.09 Å². The van der Waals surface area contributed by atoms with E-state index >= 15 is 0 Å². The number of rotatable bonds is 5. The van der Waals surface area contributed by atoms with Gasteiger partial charge in [-0.2, -0.15) is 0 Å². The third-order valence-electron chi connectivity index (χ3n) is 4.82. The van der Waals surface area contributed by atoms with Crippen LogP contribution in [0.25, 0.3) is 11.1 Å². The maximum absolute atomic E-state index is 12.2. The summed E-state index contributed by atoms with van der Waals surface area (Å²) >= 11 is 0. The summed E-state index contributed by atoms with van der Waals surface area (Å²) in [7, 11) is 0. The highest BCUT2D eigenvalue weighted by molar-refractivity contribution is 5.79. The van der Waals surface area contributed by atoms with Gasteiger partial charge in [-0.25, -0.2) is 4.79 Å². The monoisotopic (exact) mass is 360 g/mol. The van der Waals surface area contributed by atoms with Crippen LogP contribution in [0.2, 0.25) is 0 Å². The van der Waals surface area contributed by atoms with Crippen LogP contribution < -0.4 is 5.32 Å². The van der Waals surface area contributed by atoms with Crippen LogP contribution in [-0.2, 0) is 17.9 Å². The van der Waals surface area contributed by atoms with Crippen LogP contribution in [0.1, 0.15) is 28.3 Å². The van der Waals surface area contributed by atoms with Crippen molar-refractivity contribution in [1.82, 2.24) is 10.3 Å². The van der Waals surface area contributed by atoms with Crippen LogP contribution in [0.4, 0.5) is 4.79 Å². The number of ether oxygens (including phenoxy) is 1. The van der Waals surface area contributed by atoms with Gasteiger partial charge in [0.25, 0.3) is 0 Å². The van der Waals surface area contributed by atoms with E-state index < -0.39 is 6.09 Å². The van der Waals surface area contributed by atoms with E-state index in [1.165, 1.54) is 22.3 Å². The molecule has 0 saturated carbocycles. The Balaban J connectivity index is 1.40. The summed E-state index contributed by atoms with van der Waals surface area (Å²) in [6.45, 7) is 0.489. The number of carbonyl (C=O) groups excluding carboxylic acids is 1. The van der Waals surface area contributed by atoms with Gasteiger partial charge in [0.2, 0.25) is 0 Å². The van der Waals surface area contributed by atoms with Crippen LogP contribution in [0, 0.1) is 0 Å². The lowest BCUT2D eigenvalue weighted by Crippen LogP contribution is -2.25. The maximum Gasteiger partial charge on any atom is 0.407 e. The Morgan fingerprint density at radius 3 is 2.37 bits per heavy atom. The number of aliphatic hydroxyl groups excluding tert-OH is 1. The molecule has 1 heterocycles. The van der Waals surface area contributed by atoms with Crippen molar-refractivity contribution >= 4 is 6.09 Å². The summed E-state index contributed by atoms with van der Waals surface area (Å²) in [5.41, 5.74) is 6.22. The molecule has 2 N–H and O–H groups in total. The van der Waals surface area contributed by atoms with Crippen LogP contribution in [0.5, 0.6) is 0 Å². The number of carbonyl (C=O) groups is 1. The van der Waals surface area contributed by atoms with Crippen molar-refractivity contribution in [2.24, 2.45) is 0 Å². The molecule has 0 atom stereocenters. The molecule has 0 unspecified atom stereocenters. The van der Waals surface area contributed by atoms with Crippen molar-refractivity contribution in [3.8, 4) is 11.1 Å². The zero-order chi connectivity index (χ0) is 18.6. The van der Waals surface area contributed by atoms with Crippen LogP contribution >= 0.6 is 0 Å². The van der Waals surface area contributed by atoms with Gasteiger partial charge in [0, 0.05) is 18.7 Å². The molecule has 2 aromatic carbocycles. The minimum atomic E-state index is -0.459. The highest BCUT2D eigenvalue weighted by Gasteiger charge is 2.28. The normalized spacial score (nSPS) is 12.3. The van der Waals surface area contributed by atoms with Crippen molar-refractivity contribution in [2.75, 3.05) is 6.61 Å². The molecule has 1 aromatic heterocycles. The number of nitrogens with zero attached hydrogens (tertiary/aromatic N) is 1. The van der Waals surface area contributed by atoms with E-state index in [1.807, 2.05) is 24.3 Å². The van der Waals surface area contributed by atoms with Crippen molar-refractivity contribution in [1.29, 1.82) is 0 Å². The first-order valence-electron chi connectivity index (χ1n) is 8.90. The predicted octanol–water partition coefficient (Wildman–Crippen LogP) is 3.61. The van der Waals surface area contributed by atoms with Crippen molar-refractivity contribution < 1.29 is 14.6 Å². The van der Waals surface area contributed by atoms with Crippen molar-refractivity contribution in [3.63, 3.8) is 0 Å². The second kappa shape index (κ2) is 7.60. The molecule has 0 radical (unpaired) electrons. The summed E-state index contributed by atoms with van der Waals surface area (Å²) in [6, 6.07) is 20.0. The third-order valence-corrected chi connectivity index (χ3v) is 4.82. The lowest BCUT2D eigenvalue weighted by atomic mass is 9.98. The molecule has 1 aliphatic rings. The first kappa shape index (κ1) is 17.2. The average Bonchev–Trinajstić information content (AvgIpc) is 3.05. The molecular formula is C22H20N2O3. The molecule has 136 valence electrons. The number of nitrogens with one attached hydrogen (secondary N) is 1. The molecule has 0 spiro atoms. The highest BCUT2D eigenvalue weighted by Crippen LogP contribution is 2.44. The number of hydrogen-bond acceptors (Lipinski definition) is 4. The second-order valence-electron chi connectivity index (χ2n) is 6.49. The van der Waals surface area contributed by atoms with Gasteiger partial charge in [-0.05, 0) is 39.9 Å². The fourth-order valence-corrected chi connectivity index (χ4v) is 3.55. The molecule has 1 amide bonds.